The highest BCUT2D eigenvalue weighted by molar-refractivity contribution is 5.38. The Bertz CT molecular complexity index is 376. The normalized spacial score (nSPS) is 20.8. The van der Waals surface area contributed by atoms with Crippen LogP contribution in [0.4, 0.5) is 4.39 Å². The van der Waals surface area contributed by atoms with Gasteiger partial charge in [-0.2, -0.15) is 0 Å². The molecule has 0 bridgehead atoms. The van der Waals surface area contributed by atoms with Gasteiger partial charge in [-0.3, -0.25) is 0 Å². The van der Waals surface area contributed by atoms with E-state index in [0.717, 1.165) is 12.1 Å². The minimum atomic E-state index is -0.267. The number of methoxy groups -OCH3 is 1. The highest BCUT2D eigenvalue weighted by Crippen LogP contribution is 2.28. The van der Waals surface area contributed by atoms with Crippen LogP contribution in [0.1, 0.15) is 17.2 Å². The maximum absolute atomic E-state index is 13.8. The van der Waals surface area contributed by atoms with Gasteiger partial charge in [-0.05, 0) is 18.6 Å². The van der Waals surface area contributed by atoms with Crippen molar-refractivity contribution in [1.29, 1.82) is 0 Å². The van der Waals surface area contributed by atoms with Gasteiger partial charge in [0.05, 0.1) is 19.8 Å². The first kappa shape index (κ1) is 11.4. The summed E-state index contributed by atoms with van der Waals surface area (Å²) < 4.78 is 24.4. The van der Waals surface area contributed by atoms with Crippen LogP contribution in [-0.4, -0.2) is 26.8 Å². The lowest BCUT2D eigenvalue weighted by Crippen LogP contribution is -2.33. The minimum absolute atomic E-state index is 0.196. The van der Waals surface area contributed by atoms with Crippen LogP contribution >= 0.6 is 0 Å². The molecule has 4 heteroatoms. The lowest BCUT2D eigenvalue weighted by atomic mass is 10.0. The van der Waals surface area contributed by atoms with E-state index in [0.29, 0.717) is 24.5 Å². The quantitative estimate of drug-likeness (QED) is 0.832. The van der Waals surface area contributed by atoms with E-state index in [2.05, 4.69) is 5.32 Å². The molecule has 1 N–H and O–H groups in total. The van der Waals surface area contributed by atoms with E-state index in [1.807, 2.05) is 6.92 Å². The van der Waals surface area contributed by atoms with Crippen molar-refractivity contribution in [2.75, 3.05) is 26.8 Å². The minimum Gasteiger partial charge on any atom is -0.496 e. The van der Waals surface area contributed by atoms with Gasteiger partial charge in [0.15, 0.2) is 0 Å². The third kappa shape index (κ3) is 2.18. The van der Waals surface area contributed by atoms with Gasteiger partial charge in [-0.1, -0.05) is 0 Å². The zero-order valence-corrected chi connectivity index (χ0v) is 9.55. The van der Waals surface area contributed by atoms with Gasteiger partial charge in [0.2, 0.25) is 0 Å². The van der Waals surface area contributed by atoms with E-state index < -0.39 is 0 Å². The van der Waals surface area contributed by atoms with Crippen LogP contribution in [0.2, 0.25) is 0 Å². The van der Waals surface area contributed by atoms with Crippen molar-refractivity contribution < 1.29 is 13.9 Å². The smallest absolute Gasteiger partial charge is 0.132 e. The Kier molecular flexibility index (Phi) is 3.41. The summed E-state index contributed by atoms with van der Waals surface area (Å²) in [6.45, 7) is 4.00. The van der Waals surface area contributed by atoms with Crippen LogP contribution in [0, 0.1) is 12.7 Å². The molecule has 1 aliphatic rings. The van der Waals surface area contributed by atoms with Crippen molar-refractivity contribution in [3.05, 3.63) is 29.1 Å². The van der Waals surface area contributed by atoms with Gasteiger partial charge >= 0.3 is 0 Å². The Labute approximate surface area is 94.6 Å². The third-order valence-electron chi connectivity index (χ3n) is 2.79. The van der Waals surface area contributed by atoms with Crippen LogP contribution in [-0.2, 0) is 4.74 Å². The van der Waals surface area contributed by atoms with Crippen LogP contribution in [0.25, 0.3) is 0 Å². The molecule has 1 heterocycles. The molecule has 0 aliphatic carbocycles. The summed E-state index contributed by atoms with van der Waals surface area (Å²) in [5, 5.41) is 3.19. The molecule has 0 aromatic heterocycles. The Morgan fingerprint density at radius 3 is 2.94 bits per heavy atom. The summed E-state index contributed by atoms with van der Waals surface area (Å²) in [7, 11) is 1.54. The van der Waals surface area contributed by atoms with Gasteiger partial charge in [0.1, 0.15) is 11.6 Å². The van der Waals surface area contributed by atoms with E-state index in [-0.39, 0.29) is 11.9 Å². The largest absolute Gasteiger partial charge is 0.496 e. The molecule has 0 spiro atoms. The number of hydrogen-bond acceptors (Lipinski definition) is 3. The second-order valence-corrected chi connectivity index (χ2v) is 3.91. The fraction of sp³-hybridized carbons (Fsp3) is 0.500. The van der Waals surface area contributed by atoms with Crippen molar-refractivity contribution in [2.45, 2.75) is 13.0 Å². The number of nitrogens with one attached hydrogen (secondary N) is 1. The molecular weight excluding hydrogens is 209 g/mol. The number of aryl methyl sites for hydroxylation is 1. The van der Waals surface area contributed by atoms with Crippen molar-refractivity contribution >= 4 is 0 Å². The summed E-state index contributed by atoms with van der Waals surface area (Å²) in [5.41, 5.74) is 1.53. The van der Waals surface area contributed by atoms with Crippen LogP contribution in [0.3, 0.4) is 0 Å². The molecular formula is C12H16FNO2. The topological polar surface area (TPSA) is 30.5 Å². The summed E-state index contributed by atoms with van der Waals surface area (Å²) in [4.78, 5) is 0. The second-order valence-electron chi connectivity index (χ2n) is 3.91. The van der Waals surface area contributed by atoms with Gasteiger partial charge < -0.3 is 14.8 Å². The number of hydrogen-bond donors (Lipinski definition) is 1. The molecule has 1 saturated heterocycles. The van der Waals surface area contributed by atoms with Gasteiger partial charge in [-0.25, -0.2) is 4.39 Å². The molecule has 1 aromatic carbocycles. The van der Waals surface area contributed by atoms with E-state index in [4.69, 9.17) is 9.47 Å². The zero-order valence-electron chi connectivity index (χ0n) is 9.55. The SMILES string of the molecule is COc1cc(F)c(C2CNCCO2)cc1C. The Balaban J connectivity index is 2.29. The first-order chi connectivity index (χ1) is 7.72. The maximum Gasteiger partial charge on any atom is 0.132 e. The highest BCUT2D eigenvalue weighted by atomic mass is 19.1. The molecule has 1 fully saturated rings. The summed E-state index contributed by atoms with van der Waals surface area (Å²) in [6, 6.07) is 3.22. The average molecular weight is 225 g/mol. The number of morpholine rings is 1. The average Bonchev–Trinajstić information content (AvgIpc) is 2.32. The molecule has 16 heavy (non-hydrogen) atoms. The lowest BCUT2D eigenvalue weighted by molar-refractivity contribution is 0.0254. The fourth-order valence-electron chi connectivity index (χ4n) is 1.92. The Morgan fingerprint density at radius 2 is 2.31 bits per heavy atom. The Morgan fingerprint density at radius 1 is 1.50 bits per heavy atom. The molecule has 88 valence electrons. The molecule has 1 aromatic rings. The molecule has 1 atom stereocenters. The predicted molar refractivity (Wildman–Crippen MR) is 59.3 cm³/mol. The van der Waals surface area contributed by atoms with E-state index in [1.54, 1.807) is 13.2 Å². The number of rotatable bonds is 2. The molecule has 2 rings (SSSR count). The molecule has 0 radical (unpaired) electrons. The van der Waals surface area contributed by atoms with E-state index in [1.165, 1.54) is 6.07 Å². The maximum atomic E-state index is 13.8. The van der Waals surface area contributed by atoms with Gasteiger partial charge in [-0.15, -0.1) is 0 Å². The van der Waals surface area contributed by atoms with E-state index in [9.17, 15) is 4.39 Å². The first-order valence-electron chi connectivity index (χ1n) is 5.38. The van der Waals surface area contributed by atoms with Gasteiger partial charge in [0.25, 0.3) is 0 Å². The predicted octanol–water partition coefficient (Wildman–Crippen LogP) is 1.80. The second kappa shape index (κ2) is 4.80. The molecule has 1 aliphatic heterocycles. The Hall–Kier alpha value is -1.13. The lowest BCUT2D eigenvalue weighted by Gasteiger charge is -2.24. The highest BCUT2D eigenvalue weighted by Gasteiger charge is 2.20. The third-order valence-corrected chi connectivity index (χ3v) is 2.79. The number of ether oxygens (including phenoxy) is 2. The summed E-state index contributed by atoms with van der Waals surface area (Å²) >= 11 is 0. The molecule has 0 saturated carbocycles. The zero-order chi connectivity index (χ0) is 11.5. The summed E-state index contributed by atoms with van der Waals surface area (Å²) in [5.74, 6) is 0.307. The number of halogens is 1. The van der Waals surface area contributed by atoms with Gasteiger partial charge in [0, 0.05) is 24.7 Å². The first-order valence-corrected chi connectivity index (χ1v) is 5.38. The van der Waals surface area contributed by atoms with Crippen molar-refractivity contribution in [3.63, 3.8) is 0 Å². The van der Waals surface area contributed by atoms with Crippen LogP contribution in [0.15, 0.2) is 12.1 Å². The van der Waals surface area contributed by atoms with E-state index >= 15 is 0 Å². The van der Waals surface area contributed by atoms with Crippen LogP contribution < -0.4 is 10.1 Å². The monoisotopic (exact) mass is 225 g/mol. The van der Waals surface area contributed by atoms with Crippen molar-refractivity contribution in [3.8, 4) is 5.75 Å². The van der Waals surface area contributed by atoms with Crippen molar-refractivity contribution in [2.24, 2.45) is 0 Å². The standard InChI is InChI=1S/C12H16FNO2/c1-8-5-9(10(13)6-11(8)15-2)12-7-14-3-4-16-12/h5-6,12,14H,3-4,7H2,1-2H3. The summed E-state index contributed by atoms with van der Waals surface area (Å²) in [6.07, 6.45) is -0.196. The molecule has 3 nitrogen and oxygen atoms in total. The molecule has 1 unspecified atom stereocenters. The number of benzene rings is 1. The molecule has 0 amide bonds. The van der Waals surface area contributed by atoms with Crippen molar-refractivity contribution in [1.82, 2.24) is 5.32 Å². The van der Waals surface area contributed by atoms with Crippen LogP contribution in [0.5, 0.6) is 5.75 Å². The fourth-order valence-corrected chi connectivity index (χ4v) is 1.92.